The quantitative estimate of drug-likeness (QED) is 0.855. The lowest BCUT2D eigenvalue weighted by Gasteiger charge is -2.47. The Balaban J connectivity index is 1.67. The monoisotopic (exact) mass is 274 g/mol. The van der Waals surface area contributed by atoms with Gasteiger partial charge in [0.15, 0.2) is 5.69 Å². The van der Waals surface area contributed by atoms with E-state index in [-0.39, 0.29) is 11.9 Å². The standard InChI is InChI=1S/C15H22N4O/c1-19-11-4-2-5-12(19)9-10(8-11)18-15(20)14-13(16)6-3-7-17-14/h3,6-7,10-12H,2,4-5,8-9,16H2,1H3,(H,18,20). The molecule has 3 N–H and O–H groups in total. The molecule has 0 aliphatic carbocycles. The molecule has 20 heavy (non-hydrogen) atoms. The van der Waals surface area contributed by atoms with Crippen LogP contribution in [0.2, 0.25) is 0 Å². The number of nitrogens with one attached hydrogen (secondary N) is 1. The van der Waals surface area contributed by atoms with Gasteiger partial charge in [-0.2, -0.15) is 0 Å². The number of rotatable bonds is 2. The number of amides is 1. The Hall–Kier alpha value is -1.62. The third kappa shape index (κ3) is 2.50. The zero-order valence-electron chi connectivity index (χ0n) is 11.9. The molecule has 0 aromatic carbocycles. The maximum absolute atomic E-state index is 12.3. The fourth-order valence-electron chi connectivity index (χ4n) is 3.59. The maximum atomic E-state index is 12.3. The topological polar surface area (TPSA) is 71.2 Å². The van der Waals surface area contributed by atoms with Crippen molar-refractivity contribution in [1.82, 2.24) is 15.2 Å². The van der Waals surface area contributed by atoms with Gasteiger partial charge in [0.2, 0.25) is 0 Å². The highest BCUT2D eigenvalue weighted by Crippen LogP contribution is 2.32. The summed E-state index contributed by atoms with van der Waals surface area (Å²) in [6, 6.07) is 4.91. The van der Waals surface area contributed by atoms with Crippen LogP contribution in [0.25, 0.3) is 0 Å². The van der Waals surface area contributed by atoms with Crippen molar-refractivity contribution in [2.75, 3.05) is 12.8 Å². The first-order chi connectivity index (χ1) is 9.65. The number of nitrogens with two attached hydrogens (primary N) is 1. The van der Waals surface area contributed by atoms with Crippen molar-refractivity contribution in [3.63, 3.8) is 0 Å². The highest BCUT2D eigenvalue weighted by Gasteiger charge is 2.36. The van der Waals surface area contributed by atoms with Crippen molar-refractivity contribution in [2.45, 2.75) is 50.2 Å². The number of hydrogen-bond acceptors (Lipinski definition) is 4. The molecule has 3 rings (SSSR count). The molecule has 3 heterocycles. The molecule has 1 aromatic rings. The summed E-state index contributed by atoms with van der Waals surface area (Å²) in [7, 11) is 2.21. The van der Waals surface area contributed by atoms with Gasteiger partial charge >= 0.3 is 0 Å². The minimum absolute atomic E-state index is 0.143. The molecule has 2 saturated heterocycles. The molecule has 2 aliphatic rings. The molecule has 5 heteroatoms. The molecular formula is C15H22N4O. The smallest absolute Gasteiger partial charge is 0.272 e. The van der Waals surface area contributed by atoms with Gasteiger partial charge in [0, 0.05) is 24.3 Å². The molecule has 0 saturated carbocycles. The Morgan fingerprint density at radius 2 is 2.10 bits per heavy atom. The highest BCUT2D eigenvalue weighted by molar-refractivity contribution is 5.97. The summed E-state index contributed by atoms with van der Waals surface area (Å²) in [5, 5.41) is 3.12. The lowest BCUT2D eigenvalue weighted by Crippen LogP contribution is -2.55. The van der Waals surface area contributed by atoms with Gasteiger partial charge in [-0.15, -0.1) is 0 Å². The first-order valence-electron chi connectivity index (χ1n) is 7.38. The van der Waals surface area contributed by atoms with Gasteiger partial charge in [0.05, 0.1) is 5.69 Å². The molecule has 0 radical (unpaired) electrons. The van der Waals surface area contributed by atoms with Crippen molar-refractivity contribution in [2.24, 2.45) is 0 Å². The van der Waals surface area contributed by atoms with E-state index in [1.165, 1.54) is 19.3 Å². The van der Waals surface area contributed by atoms with E-state index in [2.05, 4.69) is 22.2 Å². The molecule has 0 spiro atoms. The maximum Gasteiger partial charge on any atom is 0.272 e. The highest BCUT2D eigenvalue weighted by atomic mass is 16.2. The van der Waals surface area contributed by atoms with Crippen molar-refractivity contribution in [3.05, 3.63) is 24.0 Å². The van der Waals surface area contributed by atoms with E-state index < -0.39 is 0 Å². The van der Waals surface area contributed by atoms with Crippen LogP contribution in [0, 0.1) is 0 Å². The summed E-state index contributed by atoms with van der Waals surface area (Å²) >= 11 is 0. The van der Waals surface area contributed by atoms with E-state index >= 15 is 0 Å². The van der Waals surface area contributed by atoms with Gasteiger partial charge in [-0.3, -0.25) is 4.79 Å². The molecule has 2 atom stereocenters. The summed E-state index contributed by atoms with van der Waals surface area (Å²) in [5.41, 5.74) is 6.60. The van der Waals surface area contributed by atoms with Gasteiger partial charge < -0.3 is 16.0 Å². The molecule has 1 amide bonds. The number of nitrogen functional groups attached to an aromatic ring is 1. The normalized spacial score (nSPS) is 29.9. The minimum atomic E-state index is -0.143. The number of carbonyl (C=O) groups excluding carboxylic acids is 1. The number of nitrogens with zero attached hydrogens (tertiary/aromatic N) is 2. The second-order valence-electron chi connectivity index (χ2n) is 5.99. The molecule has 5 nitrogen and oxygen atoms in total. The first kappa shape index (κ1) is 13.4. The zero-order chi connectivity index (χ0) is 14.1. The van der Waals surface area contributed by atoms with Gasteiger partial charge in [0.25, 0.3) is 5.91 Å². The first-order valence-corrected chi connectivity index (χ1v) is 7.38. The Kier molecular flexibility index (Phi) is 3.61. The predicted molar refractivity (Wildman–Crippen MR) is 78.3 cm³/mol. The van der Waals surface area contributed by atoms with Crippen molar-refractivity contribution in [3.8, 4) is 0 Å². The molecule has 2 bridgehead atoms. The lowest BCUT2D eigenvalue weighted by atomic mass is 9.82. The second-order valence-corrected chi connectivity index (χ2v) is 5.99. The molecular weight excluding hydrogens is 252 g/mol. The molecule has 2 fully saturated rings. The van der Waals surface area contributed by atoms with E-state index in [0.717, 1.165) is 12.8 Å². The van der Waals surface area contributed by atoms with E-state index in [1.54, 1.807) is 18.3 Å². The van der Waals surface area contributed by atoms with E-state index in [4.69, 9.17) is 5.73 Å². The van der Waals surface area contributed by atoms with Crippen molar-refractivity contribution in [1.29, 1.82) is 0 Å². The van der Waals surface area contributed by atoms with Crippen molar-refractivity contribution < 1.29 is 4.79 Å². The fraction of sp³-hybridized carbons (Fsp3) is 0.600. The van der Waals surface area contributed by atoms with Gasteiger partial charge in [-0.1, -0.05) is 6.42 Å². The number of anilines is 1. The molecule has 2 unspecified atom stereocenters. The van der Waals surface area contributed by atoms with Crippen LogP contribution >= 0.6 is 0 Å². The van der Waals surface area contributed by atoms with Gasteiger partial charge in [-0.05, 0) is 44.9 Å². The second kappa shape index (κ2) is 5.40. The van der Waals surface area contributed by atoms with E-state index in [1.807, 2.05) is 0 Å². The largest absolute Gasteiger partial charge is 0.397 e. The number of piperidine rings is 2. The van der Waals surface area contributed by atoms with Crippen LogP contribution in [-0.4, -0.2) is 41.0 Å². The van der Waals surface area contributed by atoms with Crippen LogP contribution in [0.4, 0.5) is 5.69 Å². The number of aromatic nitrogens is 1. The lowest BCUT2D eigenvalue weighted by molar-refractivity contribution is 0.0462. The van der Waals surface area contributed by atoms with Crippen LogP contribution < -0.4 is 11.1 Å². The Labute approximate surface area is 119 Å². The number of carbonyl (C=O) groups is 1. The summed E-state index contributed by atoms with van der Waals surface area (Å²) in [4.78, 5) is 18.8. The average Bonchev–Trinajstić information content (AvgIpc) is 2.40. The Morgan fingerprint density at radius 1 is 1.40 bits per heavy atom. The molecule has 1 aromatic heterocycles. The van der Waals surface area contributed by atoms with Crippen LogP contribution in [0.3, 0.4) is 0 Å². The Morgan fingerprint density at radius 3 is 2.75 bits per heavy atom. The van der Waals surface area contributed by atoms with Crippen LogP contribution in [-0.2, 0) is 0 Å². The van der Waals surface area contributed by atoms with Crippen molar-refractivity contribution >= 4 is 11.6 Å². The Bertz CT molecular complexity index is 490. The molecule has 108 valence electrons. The summed E-state index contributed by atoms with van der Waals surface area (Å²) in [5.74, 6) is -0.143. The number of fused-ring (bicyclic) bond motifs is 2. The zero-order valence-corrected chi connectivity index (χ0v) is 11.9. The third-order valence-corrected chi connectivity index (χ3v) is 4.73. The minimum Gasteiger partial charge on any atom is -0.397 e. The number of pyridine rings is 1. The third-order valence-electron chi connectivity index (χ3n) is 4.73. The molecule has 2 aliphatic heterocycles. The van der Waals surface area contributed by atoms with Crippen LogP contribution in [0.15, 0.2) is 18.3 Å². The number of hydrogen-bond donors (Lipinski definition) is 2. The van der Waals surface area contributed by atoms with E-state index in [0.29, 0.717) is 23.5 Å². The van der Waals surface area contributed by atoms with Crippen LogP contribution in [0.5, 0.6) is 0 Å². The SMILES string of the molecule is CN1C2CCCC1CC(NC(=O)c1ncccc1N)C2. The van der Waals surface area contributed by atoms with Gasteiger partial charge in [0.1, 0.15) is 0 Å². The predicted octanol–water partition coefficient (Wildman–Crippen LogP) is 1.41. The van der Waals surface area contributed by atoms with E-state index in [9.17, 15) is 4.79 Å². The fourth-order valence-corrected chi connectivity index (χ4v) is 3.59. The summed E-state index contributed by atoms with van der Waals surface area (Å²) < 4.78 is 0. The van der Waals surface area contributed by atoms with Gasteiger partial charge in [-0.25, -0.2) is 4.98 Å². The average molecular weight is 274 g/mol. The summed E-state index contributed by atoms with van der Waals surface area (Å²) in [6.45, 7) is 0. The van der Waals surface area contributed by atoms with Crippen LogP contribution in [0.1, 0.15) is 42.6 Å². The summed E-state index contributed by atoms with van der Waals surface area (Å²) in [6.07, 6.45) is 7.47.